The summed E-state index contributed by atoms with van der Waals surface area (Å²) in [6.45, 7) is 4.05. The number of aliphatic hydroxyl groups is 1. The minimum Gasteiger partial charge on any atom is -0.396 e. The number of nitrogens with one attached hydrogen (secondary N) is 1. The van der Waals surface area contributed by atoms with Crippen molar-refractivity contribution in [3.63, 3.8) is 0 Å². The summed E-state index contributed by atoms with van der Waals surface area (Å²) in [5.74, 6) is -0.104. The fourth-order valence-electron chi connectivity index (χ4n) is 2.23. The van der Waals surface area contributed by atoms with E-state index in [9.17, 15) is 4.79 Å². The number of carbonyl (C=O) groups excluding carboxylic acids is 1. The second-order valence-electron chi connectivity index (χ2n) is 5.23. The molecule has 0 aliphatic rings. The molecule has 0 fully saturated rings. The van der Waals surface area contributed by atoms with Crippen molar-refractivity contribution in [3.8, 4) is 5.69 Å². The predicted octanol–water partition coefficient (Wildman–Crippen LogP) is 2.07. The summed E-state index contributed by atoms with van der Waals surface area (Å²) in [6.07, 6.45) is 6.62. The zero-order chi connectivity index (χ0) is 15.2. The SMILES string of the molecule is Cc1ccc(-n2ccnc2)c(C(=O)NC(C)CCCO)c1. The molecule has 0 aliphatic carbocycles. The van der Waals surface area contributed by atoms with E-state index in [0.717, 1.165) is 17.7 Å². The molecule has 5 nitrogen and oxygen atoms in total. The van der Waals surface area contributed by atoms with Crippen LogP contribution in [0.5, 0.6) is 0 Å². The molecule has 0 saturated carbocycles. The van der Waals surface area contributed by atoms with E-state index in [0.29, 0.717) is 12.0 Å². The molecule has 2 aromatic rings. The highest BCUT2D eigenvalue weighted by molar-refractivity contribution is 5.98. The summed E-state index contributed by atoms with van der Waals surface area (Å²) < 4.78 is 1.83. The minimum atomic E-state index is -0.104. The number of nitrogens with zero attached hydrogens (tertiary/aromatic N) is 2. The molecule has 0 spiro atoms. The van der Waals surface area contributed by atoms with Gasteiger partial charge < -0.3 is 15.0 Å². The van der Waals surface area contributed by atoms with Crippen molar-refractivity contribution in [1.82, 2.24) is 14.9 Å². The van der Waals surface area contributed by atoms with Gasteiger partial charge in [0.2, 0.25) is 0 Å². The van der Waals surface area contributed by atoms with E-state index in [1.807, 2.05) is 42.8 Å². The number of aryl methyl sites for hydroxylation is 1. The highest BCUT2D eigenvalue weighted by Gasteiger charge is 2.15. The van der Waals surface area contributed by atoms with E-state index in [1.54, 1.807) is 12.5 Å². The largest absolute Gasteiger partial charge is 0.396 e. The first kappa shape index (κ1) is 15.3. The number of rotatable bonds is 6. The number of aliphatic hydroxyl groups excluding tert-OH is 1. The summed E-state index contributed by atoms with van der Waals surface area (Å²) in [7, 11) is 0. The molecule has 2 N–H and O–H groups in total. The average molecular weight is 287 g/mol. The predicted molar refractivity (Wildman–Crippen MR) is 81.5 cm³/mol. The molecule has 0 radical (unpaired) electrons. The van der Waals surface area contributed by atoms with Gasteiger partial charge in [-0.15, -0.1) is 0 Å². The van der Waals surface area contributed by atoms with Crippen LogP contribution in [0.4, 0.5) is 0 Å². The smallest absolute Gasteiger partial charge is 0.253 e. The van der Waals surface area contributed by atoms with Gasteiger partial charge in [0.15, 0.2) is 0 Å². The van der Waals surface area contributed by atoms with Crippen LogP contribution >= 0.6 is 0 Å². The van der Waals surface area contributed by atoms with Crippen molar-refractivity contribution in [2.75, 3.05) is 6.61 Å². The number of aromatic nitrogens is 2. The van der Waals surface area contributed by atoms with Crippen LogP contribution < -0.4 is 5.32 Å². The molecule has 0 aliphatic heterocycles. The molecule has 21 heavy (non-hydrogen) atoms. The lowest BCUT2D eigenvalue weighted by molar-refractivity contribution is 0.0936. The number of benzene rings is 1. The van der Waals surface area contributed by atoms with Gasteiger partial charge in [0.1, 0.15) is 0 Å². The van der Waals surface area contributed by atoms with Gasteiger partial charge in [0.25, 0.3) is 5.91 Å². The van der Waals surface area contributed by atoms with E-state index in [-0.39, 0.29) is 18.6 Å². The topological polar surface area (TPSA) is 67.2 Å². The fourth-order valence-corrected chi connectivity index (χ4v) is 2.23. The molecule has 0 saturated heterocycles. The second kappa shape index (κ2) is 7.04. The Morgan fingerprint density at radius 1 is 1.48 bits per heavy atom. The van der Waals surface area contributed by atoms with Gasteiger partial charge in [0.05, 0.1) is 17.6 Å². The maximum absolute atomic E-state index is 12.5. The van der Waals surface area contributed by atoms with Gasteiger partial charge in [-0.25, -0.2) is 4.98 Å². The van der Waals surface area contributed by atoms with E-state index in [4.69, 9.17) is 5.11 Å². The molecule has 112 valence electrons. The molecule has 0 bridgehead atoms. The number of hydrogen-bond acceptors (Lipinski definition) is 3. The summed E-state index contributed by atoms with van der Waals surface area (Å²) in [6, 6.07) is 5.80. The Balaban J connectivity index is 2.22. The van der Waals surface area contributed by atoms with E-state index in [2.05, 4.69) is 10.3 Å². The Kier molecular flexibility index (Phi) is 5.11. The van der Waals surface area contributed by atoms with Crippen molar-refractivity contribution in [1.29, 1.82) is 0 Å². The number of hydrogen-bond donors (Lipinski definition) is 2. The summed E-state index contributed by atoms with van der Waals surface area (Å²) in [5, 5.41) is 11.8. The summed E-state index contributed by atoms with van der Waals surface area (Å²) in [5.41, 5.74) is 2.47. The van der Waals surface area contributed by atoms with Crippen molar-refractivity contribution >= 4 is 5.91 Å². The van der Waals surface area contributed by atoms with E-state index >= 15 is 0 Å². The molecular formula is C16H21N3O2. The highest BCUT2D eigenvalue weighted by Crippen LogP contribution is 2.17. The number of carbonyl (C=O) groups is 1. The van der Waals surface area contributed by atoms with Gasteiger partial charge in [-0.05, 0) is 38.8 Å². The van der Waals surface area contributed by atoms with Gasteiger partial charge in [-0.2, -0.15) is 0 Å². The van der Waals surface area contributed by atoms with Gasteiger partial charge >= 0.3 is 0 Å². The molecule has 1 aromatic heterocycles. The molecule has 1 atom stereocenters. The number of imidazole rings is 1. The van der Waals surface area contributed by atoms with Crippen LogP contribution in [-0.2, 0) is 0 Å². The highest BCUT2D eigenvalue weighted by atomic mass is 16.3. The Labute approximate surface area is 124 Å². The Morgan fingerprint density at radius 2 is 2.29 bits per heavy atom. The molecule has 1 heterocycles. The zero-order valence-corrected chi connectivity index (χ0v) is 12.4. The fraction of sp³-hybridized carbons (Fsp3) is 0.375. The maximum atomic E-state index is 12.5. The summed E-state index contributed by atoms with van der Waals surface area (Å²) in [4.78, 5) is 16.5. The zero-order valence-electron chi connectivity index (χ0n) is 12.4. The van der Waals surface area contributed by atoms with Crippen molar-refractivity contribution in [2.45, 2.75) is 32.7 Å². The van der Waals surface area contributed by atoms with Gasteiger partial charge in [-0.1, -0.05) is 11.6 Å². The van der Waals surface area contributed by atoms with Crippen LogP contribution in [0.1, 0.15) is 35.7 Å². The molecule has 1 aromatic carbocycles. The van der Waals surface area contributed by atoms with Crippen molar-refractivity contribution in [3.05, 3.63) is 48.0 Å². The summed E-state index contributed by atoms with van der Waals surface area (Å²) >= 11 is 0. The Morgan fingerprint density at radius 3 is 2.95 bits per heavy atom. The molecule has 1 amide bonds. The van der Waals surface area contributed by atoms with E-state index < -0.39 is 0 Å². The normalized spacial score (nSPS) is 12.1. The van der Waals surface area contributed by atoms with Gasteiger partial charge in [-0.3, -0.25) is 4.79 Å². The first-order chi connectivity index (χ1) is 10.1. The Hall–Kier alpha value is -2.14. The molecule has 2 rings (SSSR count). The van der Waals surface area contributed by atoms with Crippen LogP contribution in [0.2, 0.25) is 0 Å². The monoisotopic (exact) mass is 287 g/mol. The first-order valence-electron chi connectivity index (χ1n) is 7.12. The Bertz CT molecular complexity index is 594. The third-order valence-electron chi connectivity index (χ3n) is 3.35. The van der Waals surface area contributed by atoms with Crippen molar-refractivity contribution < 1.29 is 9.90 Å². The quantitative estimate of drug-likeness (QED) is 0.854. The molecule has 1 unspecified atom stereocenters. The average Bonchev–Trinajstić information content (AvgIpc) is 2.99. The van der Waals surface area contributed by atoms with Crippen molar-refractivity contribution in [2.24, 2.45) is 0 Å². The maximum Gasteiger partial charge on any atom is 0.253 e. The van der Waals surface area contributed by atoms with Crippen LogP contribution in [0.15, 0.2) is 36.9 Å². The van der Waals surface area contributed by atoms with Crippen LogP contribution in [0, 0.1) is 6.92 Å². The number of amides is 1. The lowest BCUT2D eigenvalue weighted by Crippen LogP contribution is -2.33. The lowest BCUT2D eigenvalue weighted by Gasteiger charge is -2.16. The third-order valence-corrected chi connectivity index (χ3v) is 3.35. The van der Waals surface area contributed by atoms with Crippen LogP contribution in [0.25, 0.3) is 5.69 Å². The molecule has 5 heteroatoms. The second-order valence-corrected chi connectivity index (χ2v) is 5.23. The van der Waals surface area contributed by atoms with Gasteiger partial charge in [0, 0.05) is 25.0 Å². The standard InChI is InChI=1S/C16H21N3O2/c1-12-5-6-15(19-8-7-17-11-19)14(10-12)16(21)18-13(2)4-3-9-20/h5-8,10-11,13,20H,3-4,9H2,1-2H3,(H,18,21). The lowest BCUT2D eigenvalue weighted by atomic mass is 10.1. The third kappa shape index (κ3) is 3.92. The van der Waals surface area contributed by atoms with E-state index in [1.165, 1.54) is 0 Å². The molecular weight excluding hydrogens is 266 g/mol. The minimum absolute atomic E-state index is 0.0285. The van der Waals surface area contributed by atoms with Crippen LogP contribution in [-0.4, -0.2) is 33.2 Å². The first-order valence-corrected chi connectivity index (χ1v) is 7.12. The van der Waals surface area contributed by atoms with Crippen LogP contribution in [0.3, 0.4) is 0 Å².